The van der Waals surface area contributed by atoms with E-state index in [2.05, 4.69) is 4.98 Å². The molecule has 164 valence electrons. The van der Waals surface area contributed by atoms with Gasteiger partial charge in [-0.15, -0.1) is 0 Å². The second kappa shape index (κ2) is 9.18. The van der Waals surface area contributed by atoms with Crippen LogP contribution in [0.3, 0.4) is 0 Å². The van der Waals surface area contributed by atoms with Crippen LogP contribution in [0, 0.1) is 6.92 Å². The van der Waals surface area contributed by atoms with E-state index in [0.717, 1.165) is 29.5 Å². The number of carbonyl (C=O) groups excluding carboxylic acids is 3. The molecule has 1 aliphatic rings. The summed E-state index contributed by atoms with van der Waals surface area (Å²) < 4.78 is 10.4. The van der Waals surface area contributed by atoms with E-state index in [-0.39, 0.29) is 12.5 Å². The Morgan fingerprint density at radius 2 is 1.81 bits per heavy atom. The minimum Gasteiger partial charge on any atom is -0.465 e. The molecule has 0 bridgehead atoms. The maximum Gasteiger partial charge on any atom is 0.340 e. The molecule has 2 aromatic carbocycles. The molecule has 0 saturated carbocycles. The predicted octanol–water partition coefficient (Wildman–Crippen LogP) is 3.81. The topological polar surface area (TPSA) is 85.8 Å². The highest BCUT2D eigenvalue weighted by atomic mass is 16.5. The van der Waals surface area contributed by atoms with Crippen LogP contribution in [0.1, 0.15) is 50.4 Å². The van der Waals surface area contributed by atoms with Crippen molar-refractivity contribution in [1.82, 2.24) is 9.88 Å². The molecule has 0 radical (unpaired) electrons. The molecule has 3 aromatic rings. The van der Waals surface area contributed by atoms with Crippen molar-refractivity contribution in [3.63, 3.8) is 0 Å². The molecule has 1 fully saturated rings. The number of para-hydroxylation sites is 1. The van der Waals surface area contributed by atoms with Crippen molar-refractivity contribution >= 4 is 28.7 Å². The summed E-state index contributed by atoms with van der Waals surface area (Å²) in [4.78, 5) is 43.1. The minimum absolute atomic E-state index is 0.154. The van der Waals surface area contributed by atoms with Crippen molar-refractivity contribution < 1.29 is 23.9 Å². The van der Waals surface area contributed by atoms with Crippen molar-refractivity contribution in [2.24, 2.45) is 0 Å². The number of pyridine rings is 1. The standard InChI is InChI=1S/C25H24N2O5/c1-16-19-6-3-4-7-20(19)26-21(23(16)25(30)31-2)15-32-24(29)18-11-9-17(10-12-18)14-27-13-5-8-22(27)28/h3-4,6-7,9-12H,5,8,13-15H2,1-2H3. The zero-order valence-electron chi connectivity index (χ0n) is 18.1. The third-order valence-electron chi connectivity index (χ3n) is 5.69. The van der Waals surface area contributed by atoms with Gasteiger partial charge in [0.25, 0.3) is 0 Å². The van der Waals surface area contributed by atoms with Crippen LogP contribution in [-0.2, 0) is 27.4 Å². The quantitative estimate of drug-likeness (QED) is 0.551. The molecule has 7 nitrogen and oxygen atoms in total. The molecule has 2 heterocycles. The highest BCUT2D eigenvalue weighted by molar-refractivity contribution is 5.98. The van der Waals surface area contributed by atoms with Crippen LogP contribution in [0.4, 0.5) is 0 Å². The molecular formula is C25H24N2O5. The lowest BCUT2D eigenvalue weighted by molar-refractivity contribution is -0.128. The molecule has 0 spiro atoms. The van der Waals surface area contributed by atoms with Crippen LogP contribution >= 0.6 is 0 Å². The average Bonchev–Trinajstić information content (AvgIpc) is 3.21. The lowest BCUT2D eigenvalue weighted by Gasteiger charge is -2.15. The van der Waals surface area contributed by atoms with E-state index >= 15 is 0 Å². The molecule has 1 aromatic heterocycles. The van der Waals surface area contributed by atoms with Crippen molar-refractivity contribution in [1.29, 1.82) is 0 Å². The summed E-state index contributed by atoms with van der Waals surface area (Å²) >= 11 is 0. The number of nitrogens with zero attached hydrogens (tertiary/aromatic N) is 2. The van der Waals surface area contributed by atoms with E-state index in [0.29, 0.717) is 35.3 Å². The van der Waals surface area contributed by atoms with E-state index < -0.39 is 11.9 Å². The molecule has 0 atom stereocenters. The van der Waals surface area contributed by atoms with Gasteiger partial charge in [-0.2, -0.15) is 0 Å². The van der Waals surface area contributed by atoms with E-state index in [9.17, 15) is 14.4 Å². The van der Waals surface area contributed by atoms with Gasteiger partial charge in [0, 0.05) is 24.9 Å². The first-order valence-corrected chi connectivity index (χ1v) is 10.5. The first-order chi connectivity index (χ1) is 15.5. The van der Waals surface area contributed by atoms with Crippen LogP contribution < -0.4 is 0 Å². The Kier molecular flexibility index (Phi) is 6.16. The molecule has 32 heavy (non-hydrogen) atoms. The zero-order valence-corrected chi connectivity index (χ0v) is 18.1. The Morgan fingerprint density at radius 1 is 1.06 bits per heavy atom. The van der Waals surface area contributed by atoms with E-state index in [1.54, 1.807) is 12.1 Å². The van der Waals surface area contributed by atoms with Gasteiger partial charge in [0.15, 0.2) is 0 Å². The summed E-state index contributed by atoms with van der Waals surface area (Å²) in [7, 11) is 1.31. The first-order valence-electron chi connectivity index (χ1n) is 10.5. The Bertz CT molecular complexity index is 1190. The van der Waals surface area contributed by atoms with Crippen LogP contribution in [0.5, 0.6) is 0 Å². The molecule has 1 saturated heterocycles. The summed E-state index contributed by atoms with van der Waals surface area (Å²) in [5.41, 5.74) is 3.45. The minimum atomic E-state index is -0.521. The number of hydrogen-bond donors (Lipinski definition) is 0. The average molecular weight is 432 g/mol. The second-order valence-corrected chi connectivity index (χ2v) is 7.76. The van der Waals surface area contributed by atoms with Crippen molar-refractivity contribution in [2.75, 3.05) is 13.7 Å². The summed E-state index contributed by atoms with van der Waals surface area (Å²) in [6.07, 6.45) is 1.49. The SMILES string of the molecule is COC(=O)c1c(COC(=O)c2ccc(CN3CCCC3=O)cc2)nc2ccccc2c1C. The normalized spacial score (nSPS) is 13.4. The third kappa shape index (κ3) is 4.32. The monoisotopic (exact) mass is 432 g/mol. The van der Waals surface area contributed by atoms with Gasteiger partial charge in [-0.25, -0.2) is 14.6 Å². The van der Waals surface area contributed by atoms with E-state index in [1.807, 2.05) is 48.2 Å². The van der Waals surface area contributed by atoms with Gasteiger partial charge in [-0.05, 0) is 42.7 Å². The number of hydrogen-bond acceptors (Lipinski definition) is 6. The number of methoxy groups -OCH3 is 1. The number of amides is 1. The largest absolute Gasteiger partial charge is 0.465 e. The van der Waals surface area contributed by atoms with Gasteiger partial charge < -0.3 is 14.4 Å². The lowest BCUT2D eigenvalue weighted by atomic mass is 10.0. The third-order valence-corrected chi connectivity index (χ3v) is 5.69. The zero-order chi connectivity index (χ0) is 22.7. The number of aryl methyl sites for hydroxylation is 1. The summed E-state index contributed by atoms with van der Waals surface area (Å²) in [5.74, 6) is -0.877. The predicted molar refractivity (Wildman–Crippen MR) is 118 cm³/mol. The Labute approximate surface area is 186 Å². The number of carbonyl (C=O) groups is 3. The van der Waals surface area contributed by atoms with Crippen molar-refractivity contribution in [2.45, 2.75) is 32.9 Å². The Hall–Kier alpha value is -3.74. The van der Waals surface area contributed by atoms with Crippen molar-refractivity contribution in [3.05, 3.63) is 76.5 Å². The first kappa shape index (κ1) is 21.5. The molecule has 0 unspecified atom stereocenters. The second-order valence-electron chi connectivity index (χ2n) is 7.76. The molecule has 0 N–H and O–H groups in total. The lowest BCUT2D eigenvalue weighted by Crippen LogP contribution is -2.23. The maximum absolute atomic E-state index is 12.6. The van der Waals surface area contributed by atoms with Crippen LogP contribution in [0.2, 0.25) is 0 Å². The maximum atomic E-state index is 12.6. The molecule has 1 aliphatic heterocycles. The highest BCUT2D eigenvalue weighted by Gasteiger charge is 2.22. The van der Waals surface area contributed by atoms with Gasteiger partial charge in [0.2, 0.25) is 5.91 Å². The number of fused-ring (bicyclic) bond motifs is 1. The van der Waals surface area contributed by atoms with Crippen molar-refractivity contribution in [3.8, 4) is 0 Å². The molecule has 1 amide bonds. The number of likely N-dealkylation sites (tertiary alicyclic amines) is 1. The molecular weight excluding hydrogens is 408 g/mol. The fourth-order valence-corrected chi connectivity index (χ4v) is 3.97. The highest BCUT2D eigenvalue weighted by Crippen LogP contribution is 2.24. The summed E-state index contributed by atoms with van der Waals surface area (Å²) in [6.45, 7) is 2.98. The van der Waals surface area contributed by atoms with Crippen LogP contribution in [0.15, 0.2) is 48.5 Å². The van der Waals surface area contributed by atoms with Crippen LogP contribution in [0.25, 0.3) is 10.9 Å². The molecule has 0 aliphatic carbocycles. The van der Waals surface area contributed by atoms with Crippen LogP contribution in [-0.4, -0.2) is 41.4 Å². The Morgan fingerprint density at radius 3 is 2.50 bits per heavy atom. The molecule has 4 rings (SSSR count). The molecule has 7 heteroatoms. The number of benzene rings is 2. The number of esters is 2. The van der Waals surface area contributed by atoms with Gasteiger partial charge in [-0.3, -0.25) is 4.79 Å². The van der Waals surface area contributed by atoms with Gasteiger partial charge in [-0.1, -0.05) is 30.3 Å². The number of ether oxygens (including phenoxy) is 2. The van der Waals surface area contributed by atoms with Gasteiger partial charge in [0.05, 0.1) is 29.4 Å². The summed E-state index contributed by atoms with van der Waals surface area (Å²) in [6, 6.07) is 14.5. The number of aromatic nitrogens is 1. The van der Waals surface area contributed by atoms with Gasteiger partial charge in [0.1, 0.15) is 6.61 Å². The fraction of sp³-hybridized carbons (Fsp3) is 0.280. The smallest absolute Gasteiger partial charge is 0.340 e. The van der Waals surface area contributed by atoms with E-state index in [4.69, 9.17) is 9.47 Å². The number of rotatable bonds is 6. The van der Waals surface area contributed by atoms with E-state index in [1.165, 1.54) is 7.11 Å². The van der Waals surface area contributed by atoms with Gasteiger partial charge >= 0.3 is 11.9 Å². The Balaban J connectivity index is 1.50. The summed E-state index contributed by atoms with van der Waals surface area (Å²) in [5, 5.41) is 0.843. The fourth-order valence-electron chi connectivity index (χ4n) is 3.97.